The van der Waals surface area contributed by atoms with Gasteiger partial charge in [-0.2, -0.15) is 5.10 Å². The van der Waals surface area contributed by atoms with Gasteiger partial charge in [-0.1, -0.05) is 54.6 Å². The molecule has 0 saturated heterocycles. The minimum Gasteiger partial charge on any atom is -0.309 e. The van der Waals surface area contributed by atoms with E-state index in [0.29, 0.717) is 0 Å². The molecule has 5 rings (SSSR count). The first-order valence-corrected chi connectivity index (χ1v) is 9.94. The lowest BCUT2D eigenvalue weighted by Crippen LogP contribution is -2.12. The Morgan fingerprint density at radius 1 is 0.733 bits per heavy atom. The summed E-state index contributed by atoms with van der Waals surface area (Å²) < 4.78 is 1.85. The Kier molecular flexibility index (Phi) is 5.02. The van der Waals surface area contributed by atoms with Gasteiger partial charge in [-0.25, -0.2) is 9.50 Å². The van der Waals surface area contributed by atoms with E-state index in [0.717, 1.165) is 41.0 Å². The topological polar surface area (TPSA) is 55.1 Å². The molecule has 0 amide bonds. The summed E-state index contributed by atoms with van der Waals surface area (Å²) in [7, 11) is 0. The largest absolute Gasteiger partial charge is 0.309 e. The number of pyridine rings is 1. The first-order chi connectivity index (χ1) is 14.9. The van der Waals surface area contributed by atoms with Crippen molar-refractivity contribution in [2.75, 3.05) is 0 Å². The third-order valence-corrected chi connectivity index (χ3v) is 5.08. The molecule has 0 aliphatic heterocycles. The summed E-state index contributed by atoms with van der Waals surface area (Å²) in [5.41, 5.74) is 7.59. The van der Waals surface area contributed by atoms with Crippen LogP contribution in [0.2, 0.25) is 0 Å². The molecule has 0 aliphatic rings. The molecule has 3 heterocycles. The summed E-state index contributed by atoms with van der Waals surface area (Å²) >= 11 is 0. The number of aromatic nitrogens is 4. The molecule has 0 aliphatic carbocycles. The maximum absolute atomic E-state index is 4.70. The second-order valence-corrected chi connectivity index (χ2v) is 7.20. The molecule has 0 fully saturated rings. The molecule has 146 valence electrons. The van der Waals surface area contributed by atoms with Crippen molar-refractivity contribution in [1.29, 1.82) is 0 Å². The molecule has 0 atom stereocenters. The predicted octanol–water partition coefficient (Wildman–Crippen LogP) is 4.75. The van der Waals surface area contributed by atoms with E-state index in [1.807, 2.05) is 53.6 Å². The molecule has 5 aromatic rings. The number of benzene rings is 2. The number of nitrogens with zero attached hydrogens (tertiary/aromatic N) is 4. The zero-order valence-corrected chi connectivity index (χ0v) is 16.4. The van der Waals surface area contributed by atoms with Gasteiger partial charge in [0.25, 0.3) is 0 Å². The smallest absolute Gasteiger partial charge is 0.162 e. The van der Waals surface area contributed by atoms with Crippen LogP contribution in [0, 0.1) is 0 Å². The molecule has 5 heteroatoms. The van der Waals surface area contributed by atoms with Gasteiger partial charge in [-0.15, -0.1) is 0 Å². The van der Waals surface area contributed by atoms with Crippen LogP contribution in [0.15, 0.2) is 97.7 Å². The number of rotatable bonds is 6. The molecule has 1 N–H and O–H groups in total. The fraction of sp³-hybridized carbons (Fsp3) is 0.0800. The molecule has 0 bridgehead atoms. The lowest BCUT2D eigenvalue weighted by Gasteiger charge is -2.08. The maximum atomic E-state index is 4.70. The second-order valence-electron chi connectivity index (χ2n) is 7.20. The molecule has 0 spiro atoms. The van der Waals surface area contributed by atoms with Gasteiger partial charge in [0.15, 0.2) is 5.65 Å². The summed E-state index contributed by atoms with van der Waals surface area (Å²) in [6.07, 6.45) is 9.52. The lowest BCUT2D eigenvalue weighted by atomic mass is 10.1. The number of nitrogens with one attached hydrogen (secondary N) is 1. The summed E-state index contributed by atoms with van der Waals surface area (Å²) in [6.45, 7) is 1.58. The molecule has 0 radical (unpaired) electrons. The Bertz CT molecular complexity index is 1260. The zero-order valence-electron chi connectivity index (χ0n) is 16.4. The van der Waals surface area contributed by atoms with Crippen molar-refractivity contribution in [3.63, 3.8) is 0 Å². The first kappa shape index (κ1) is 18.2. The molecule has 0 unspecified atom stereocenters. The van der Waals surface area contributed by atoms with E-state index >= 15 is 0 Å². The number of hydrogen-bond donors (Lipinski definition) is 1. The van der Waals surface area contributed by atoms with Gasteiger partial charge in [0.05, 0.1) is 6.20 Å². The Morgan fingerprint density at radius 2 is 1.57 bits per heavy atom. The van der Waals surface area contributed by atoms with Crippen LogP contribution in [-0.2, 0) is 13.1 Å². The molecule has 5 nitrogen and oxygen atoms in total. The summed E-state index contributed by atoms with van der Waals surface area (Å²) in [5, 5.41) is 8.00. The van der Waals surface area contributed by atoms with E-state index in [2.05, 4.69) is 57.9 Å². The Labute approximate surface area is 175 Å². The van der Waals surface area contributed by atoms with Crippen molar-refractivity contribution in [3.05, 3.63) is 109 Å². The Hall–Kier alpha value is -3.83. The van der Waals surface area contributed by atoms with Gasteiger partial charge >= 0.3 is 0 Å². The molecule has 2 aromatic carbocycles. The maximum Gasteiger partial charge on any atom is 0.162 e. The zero-order chi connectivity index (χ0) is 20.2. The lowest BCUT2D eigenvalue weighted by molar-refractivity contribution is 0.691. The second kappa shape index (κ2) is 8.27. The van der Waals surface area contributed by atoms with Crippen molar-refractivity contribution in [2.45, 2.75) is 13.1 Å². The van der Waals surface area contributed by atoms with Crippen LogP contribution in [0.1, 0.15) is 11.1 Å². The van der Waals surface area contributed by atoms with Gasteiger partial charge in [0.1, 0.15) is 0 Å². The third kappa shape index (κ3) is 3.83. The fourth-order valence-electron chi connectivity index (χ4n) is 3.56. The molecule has 30 heavy (non-hydrogen) atoms. The minimum absolute atomic E-state index is 0.790. The minimum atomic E-state index is 0.790. The number of fused-ring (bicyclic) bond motifs is 1. The van der Waals surface area contributed by atoms with Crippen LogP contribution < -0.4 is 5.32 Å². The van der Waals surface area contributed by atoms with E-state index in [4.69, 9.17) is 4.98 Å². The average molecular weight is 391 g/mol. The van der Waals surface area contributed by atoms with Crippen molar-refractivity contribution in [3.8, 4) is 22.3 Å². The van der Waals surface area contributed by atoms with Crippen LogP contribution in [-0.4, -0.2) is 19.6 Å². The third-order valence-electron chi connectivity index (χ3n) is 5.08. The first-order valence-electron chi connectivity index (χ1n) is 9.94. The fourth-order valence-corrected chi connectivity index (χ4v) is 3.56. The quantitative estimate of drug-likeness (QED) is 0.454. The Balaban J connectivity index is 1.36. The van der Waals surface area contributed by atoms with E-state index < -0.39 is 0 Å². The van der Waals surface area contributed by atoms with Gasteiger partial charge in [0.2, 0.25) is 0 Å². The van der Waals surface area contributed by atoms with Gasteiger partial charge < -0.3 is 5.32 Å². The van der Waals surface area contributed by atoms with Crippen LogP contribution in [0.5, 0.6) is 0 Å². The van der Waals surface area contributed by atoms with Crippen LogP contribution in [0.3, 0.4) is 0 Å². The van der Waals surface area contributed by atoms with Gasteiger partial charge in [-0.05, 0) is 34.4 Å². The molecular formula is C25H21N5. The highest BCUT2D eigenvalue weighted by molar-refractivity contribution is 5.77. The summed E-state index contributed by atoms with van der Waals surface area (Å²) in [5.74, 6) is 0. The van der Waals surface area contributed by atoms with Crippen molar-refractivity contribution in [2.24, 2.45) is 0 Å². The van der Waals surface area contributed by atoms with Crippen LogP contribution in [0.4, 0.5) is 0 Å². The van der Waals surface area contributed by atoms with Gasteiger partial charge in [0, 0.05) is 49.0 Å². The summed E-state index contributed by atoms with van der Waals surface area (Å²) in [6, 6.07) is 22.8. The van der Waals surface area contributed by atoms with Crippen LogP contribution in [0.25, 0.3) is 27.9 Å². The Morgan fingerprint density at radius 3 is 2.43 bits per heavy atom. The van der Waals surface area contributed by atoms with E-state index in [1.54, 1.807) is 6.20 Å². The van der Waals surface area contributed by atoms with E-state index in [-0.39, 0.29) is 0 Å². The van der Waals surface area contributed by atoms with Crippen molar-refractivity contribution >= 4 is 5.65 Å². The predicted molar refractivity (Wildman–Crippen MR) is 119 cm³/mol. The molecular weight excluding hydrogens is 370 g/mol. The van der Waals surface area contributed by atoms with E-state index in [1.165, 1.54) is 11.1 Å². The van der Waals surface area contributed by atoms with Gasteiger partial charge in [-0.3, -0.25) is 4.98 Å². The highest BCUT2D eigenvalue weighted by atomic mass is 15.2. The average Bonchev–Trinajstić information content (AvgIpc) is 3.24. The molecule has 0 saturated carbocycles. The standard InChI is InChI=1S/C25H21N5/c1-2-8-21(9-3-1)24-17-29-30-18-23(16-28-25(24)30)22-10-4-6-19(12-22)13-27-15-20-7-5-11-26-14-20/h1-12,14,16-18,27H,13,15H2. The van der Waals surface area contributed by atoms with Crippen LogP contribution >= 0.6 is 0 Å². The summed E-state index contributed by atoms with van der Waals surface area (Å²) in [4.78, 5) is 8.86. The number of hydrogen-bond acceptors (Lipinski definition) is 4. The van der Waals surface area contributed by atoms with E-state index in [9.17, 15) is 0 Å². The normalized spacial score (nSPS) is 11.1. The van der Waals surface area contributed by atoms with Crippen molar-refractivity contribution in [1.82, 2.24) is 24.9 Å². The van der Waals surface area contributed by atoms with Crippen molar-refractivity contribution < 1.29 is 0 Å². The molecule has 3 aromatic heterocycles. The monoisotopic (exact) mass is 391 g/mol. The highest BCUT2D eigenvalue weighted by Crippen LogP contribution is 2.25. The SMILES string of the molecule is c1ccc(-c2cnn3cc(-c4cccc(CNCc5cccnc5)c4)cnc23)cc1. The highest BCUT2D eigenvalue weighted by Gasteiger charge is 2.09.